The quantitative estimate of drug-likeness (QED) is 0.566. The van der Waals surface area contributed by atoms with Crippen LogP contribution in [0.1, 0.15) is 31.9 Å². The highest BCUT2D eigenvalue weighted by Crippen LogP contribution is 2.24. The molecule has 0 fully saturated rings. The number of aliphatic carboxylic acids is 1. The summed E-state index contributed by atoms with van der Waals surface area (Å²) < 4.78 is 0. The Bertz CT molecular complexity index is 577. The minimum atomic E-state index is -1.05. The van der Waals surface area contributed by atoms with E-state index in [1.807, 2.05) is 45.0 Å². The predicted octanol–water partition coefficient (Wildman–Crippen LogP) is 2.02. The predicted molar refractivity (Wildman–Crippen MR) is 88.4 cm³/mol. The van der Waals surface area contributed by atoms with Crippen LogP contribution in [0.4, 0.5) is 0 Å². The van der Waals surface area contributed by atoms with Gasteiger partial charge in [-0.05, 0) is 24.5 Å². The van der Waals surface area contributed by atoms with E-state index in [4.69, 9.17) is 9.94 Å². The number of hydrogen-bond donors (Lipinski definition) is 2. The van der Waals surface area contributed by atoms with Crippen molar-refractivity contribution in [2.75, 3.05) is 13.7 Å². The lowest BCUT2D eigenvalue weighted by Gasteiger charge is -2.24. The van der Waals surface area contributed by atoms with Gasteiger partial charge < -0.3 is 15.3 Å². The van der Waals surface area contributed by atoms with Gasteiger partial charge in [0.05, 0.1) is 12.1 Å². The fourth-order valence-electron chi connectivity index (χ4n) is 1.99. The molecular formula is C17H24N2O4. The van der Waals surface area contributed by atoms with Crippen molar-refractivity contribution >= 4 is 17.6 Å². The minimum Gasteiger partial charge on any atom is -0.479 e. The summed E-state index contributed by atoms with van der Waals surface area (Å²) in [5.74, 6) is -1.07. The van der Waals surface area contributed by atoms with Crippen LogP contribution in [0.25, 0.3) is 0 Å². The molecule has 6 nitrogen and oxygen atoms in total. The Labute approximate surface area is 136 Å². The molecular weight excluding hydrogens is 296 g/mol. The van der Waals surface area contributed by atoms with Gasteiger partial charge in [-0.3, -0.25) is 4.79 Å². The van der Waals surface area contributed by atoms with Crippen molar-refractivity contribution in [2.45, 2.75) is 33.6 Å². The average molecular weight is 320 g/mol. The molecule has 1 rings (SSSR count). The number of likely N-dealkylation sites (N-methyl/N-ethyl adjacent to an activating group) is 1. The lowest BCUT2D eigenvalue weighted by molar-refractivity contribution is -0.142. The maximum atomic E-state index is 11.4. The molecule has 0 aliphatic heterocycles. The number of carboxylic acids is 1. The molecule has 0 bridgehead atoms. The first-order valence-corrected chi connectivity index (χ1v) is 7.42. The molecule has 0 radical (unpaired) electrons. The third-order valence-corrected chi connectivity index (χ3v) is 3.68. The Morgan fingerprint density at radius 2 is 1.78 bits per heavy atom. The molecule has 0 spiro atoms. The summed E-state index contributed by atoms with van der Waals surface area (Å²) in [5, 5.41) is 15.0. The van der Waals surface area contributed by atoms with Gasteiger partial charge in [0.25, 0.3) is 0 Å². The van der Waals surface area contributed by atoms with Crippen molar-refractivity contribution in [3.8, 4) is 0 Å². The maximum absolute atomic E-state index is 11.4. The number of rotatable bonds is 8. The molecule has 0 saturated carbocycles. The Morgan fingerprint density at radius 3 is 2.30 bits per heavy atom. The molecule has 0 aliphatic carbocycles. The van der Waals surface area contributed by atoms with Crippen LogP contribution in [0, 0.1) is 5.41 Å². The molecule has 6 heteroatoms. The summed E-state index contributed by atoms with van der Waals surface area (Å²) in [7, 11) is 1.62. The Kier molecular flexibility index (Phi) is 6.75. The van der Waals surface area contributed by atoms with Crippen LogP contribution in [0.3, 0.4) is 0 Å². The number of amides is 1. The van der Waals surface area contributed by atoms with Gasteiger partial charge in [-0.2, -0.15) is 0 Å². The normalized spacial score (nSPS) is 11.9. The summed E-state index contributed by atoms with van der Waals surface area (Å²) in [6, 6.07) is 7.86. The highest BCUT2D eigenvalue weighted by Gasteiger charge is 2.23. The second-order valence-corrected chi connectivity index (χ2v) is 6.07. The second kappa shape index (κ2) is 8.31. The second-order valence-electron chi connectivity index (χ2n) is 6.07. The van der Waals surface area contributed by atoms with Gasteiger partial charge in [-0.1, -0.05) is 43.3 Å². The van der Waals surface area contributed by atoms with Gasteiger partial charge in [0.2, 0.25) is 12.5 Å². The van der Waals surface area contributed by atoms with Gasteiger partial charge in [-0.15, -0.1) is 0 Å². The fourth-order valence-corrected chi connectivity index (χ4v) is 1.99. The zero-order chi connectivity index (χ0) is 17.5. The van der Waals surface area contributed by atoms with Crippen LogP contribution in [0.5, 0.6) is 0 Å². The third kappa shape index (κ3) is 6.50. The fraction of sp³-hybridized carbons (Fsp3) is 0.471. The van der Waals surface area contributed by atoms with Crippen LogP contribution < -0.4 is 5.32 Å². The topological polar surface area (TPSA) is 88.0 Å². The van der Waals surface area contributed by atoms with Crippen molar-refractivity contribution in [1.82, 2.24) is 5.32 Å². The SMILES string of the molecule is CNC(=O)Cc1ccc(CC(C)(C)/C(C)=N/OCC(=O)O)cc1. The van der Waals surface area contributed by atoms with Crippen LogP contribution in [-0.2, 0) is 27.3 Å². The molecule has 23 heavy (non-hydrogen) atoms. The summed E-state index contributed by atoms with van der Waals surface area (Å²) in [5.41, 5.74) is 2.54. The molecule has 2 N–H and O–H groups in total. The van der Waals surface area contributed by atoms with Crippen LogP contribution in [0.15, 0.2) is 29.4 Å². The molecule has 0 aliphatic rings. The van der Waals surface area contributed by atoms with Crippen molar-refractivity contribution < 1.29 is 19.5 Å². The lowest BCUT2D eigenvalue weighted by atomic mass is 9.81. The van der Waals surface area contributed by atoms with Crippen molar-refractivity contribution in [3.05, 3.63) is 35.4 Å². The summed E-state index contributed by atoms with van der Waals surface area (Å²) in [4.78, 5) is 26.6. The van der Waals surface area contributed by atoms with Crippen LogP contribution in [0.2, 0.25) is 0 Å². The molecule has 1 aromatic rings. The molecule has 0 saturated heterocycles. The van der Waals surface area contributed by atoms with E-state index < -0.39 is 12.6 Å². The summed E-state index contributed by atoms with van der Waals surface area (Å²) in [6.07, 6.45) is 1.10. The van der Waals surface area contributed by atoms with Gasteiger partial charge in [0.1, 0.15) is 0 Å². The van der Waals surface area contributed by atoms with Crippen molar-refractivity contribution in [3.63, 3.8) is 0 Å². The zero-order valence-electron chi connectivity index (χ0n) is 14.0. The number of carbonyl (C=O) groups is 2. The number of oxime groups is 1. The third-order valence-electron chi connectivity index (χ3n) is 3.68. The Balaban J connectivity index is 2.69. The number of nitrogens with zero attached hydrogens (tertiary/aromatic N) is 1. The molecule has 0 aromatic heterocycles. The van der Waals surface area contributed by atoms with Crippen molar-refractivity contribution in [2.24, 2.45) is 10.6 Å². The van der Waals surface area contributed by atoms with E-state index in [9.17, 15) is 9.59 Å². The minimum absolute atomic E-state index is 0.0170. The van der Waals surface area contributed by atoms with Gasteiger partial charge in [0, 0.05) is 12.5 Å². The Morgan fingerprint density at radius 1 is 1.22 bits per heavy atom. The molecule has 1 aromatic carbocycles. The largest absolute Gasteiger partial charge is 0.479 e. The summed E-state index contributed by atoms with van der Waals surface area (Å²) >= 11 is 0. The van der Waals surface area contributed by atoms with E-state index in [1.165, 1.54) is 0 Å². The number of benzene rings is 1. The lowest BCUT2D eigenvalue weighted by Crippen LogP contribution is -2.25. The first-order chi connectivity index (χ1) is 10.7. The highest BCUT2D eigenvalue weighted by atomic mass is 16.6. The highest BCUT2D eigenvalue weighted by molar-refractivity contribution is 5.87. The first-order valence-electron chi connectivity index (χ1n) is 7.42. The average Bonchev–Trinajstić information content (AvgIpc) is 2.48. The molecule has 126 valence electrons. The van der Waals surface area contributed by atoms with Gasteiger partial charge >= 0.3 is 5.97 Å². The summed E-state index contributed by atoms with van der Waals surface area (Å²) in [6.45, 7) is 5.42. The van der Waals surface area contributed by atoms with E-state index in [1.54, 1.807) is 7.05 Å². The van der Waals surface area contributed by atoms with E-state index in [-0.39, 0.29) is 11.3 Å². The van der Waals surface area contributed by atoms with E-state index in [2.05, 4.69) is 10.5 Å². The smallest absolute Gasteiger partial charge is 0.344 e. The van der Waals surface area contributed by atoms with E-state index in [0.29, 0.717) is 6.42 Å². The number of nitrogens with one attached hydrogen (secondary N) is 1. The molecule has 0 atom stereocenters. The van der Waals surface area contributed by atoms with Crippen LogP contribution in [-0.4, -0.2) is 36.3 Å². The number of carbonyl (C=O) groups excluding carboxylic acids is 1. The van der Waals surface area contributed by atoms with Gasteiger partial charge in [0.15, 0.2) is 0 Å². The molecule has 0 unspecified atom stereocenters. The van der Waals surface area contributed by atoms with Gasteiger partial charge in [-0.25, -0.2) is 4.79 Å². The Hall–Kier alpha value is -2.37. The number of hydrogen-bond acceptors (Lipinski definition) is 4. The van der Waals surface area contributed by atoms with Crippen LogP contribution >= 0.6 is 0 Å². The monoisotopic (exact) mass is 320 g/mol. The zero-order valence-corrected chi connectivity index (χ0v) is 14.0. The van der Waals surface area contributed by atoms with Crippen molar-refractivity contribution in [1.29, 1.82) is 0 Å². The molecule has 0 heterocycles. The number of carboxylic acid groups (broad SMARTS) is 1. The first kappa shape index (κ1) is 18.7. The molecule has 1 amide bonds. The van der Waals surface area contributed by atoms with E-state index in [0.717, 1.165) is 23.3 Å². The standard InChI is InChI=1S/C17H24N2O4/c1-12(19-23-11-16(21)22)17(2,3)10-14-7-5-13(6-8-14)9-15(20)18-4/h5-8H,9-11H2,1-4H3,(H,18,20)(H,21,22)/b19-12+. The van der Waals surface area contributed by atoms with E-state index >= 15 is 0 Å². The maximum Gasteiger partial charge on any atom is 0.344 e.